The molecular formula is C23H31O2P. The Morgan fingerprint density at radius 2 is 1.15 bits per heavy atom. The third-order valence-electron chi connectivity index (χ3n) is 2.91. The molecule has 0 heterocycles. The summed E-state index contributed by atoms with van der Waals surface area (Å²) >= 11 is 0. The molecule has 0 aliphatic carbocycles. The zero-order chi connectivity index (χ0) is 19.8. The van der Waals surface area contributed by atoms with Gasteiger partial charge in [0.1, 0.15) is 11.5 Å². The Bertz CT molecular complexity index is 603. The zero-order valence-corrected chi connectivity index (χ0v) is 17.1. The Morgan fingerprint density at radius 1 is 0.731 bits per heavy atom. The molecule has 0 aromatic heterocycles. The molecule has 0 unspecified atom stereocenters. The Labute approximate surface area is 159 Å². The first kappa shape index (κ1) is 23.6. The van der Waals surface area contributed by atoms with E-state index in [0.29, 0.717) is 17.7 Å². The molecule has 140 valence electrons. The number of rotatable bonds is 12. The highest BCUT2D eigenvalue weighted by Crippen LogP contribution is 2.53. The van der Waals surface area contributed by atoms with Crippen molar-refractivity contribution < 1.29 is 9.05 Å². The van der Waals surface area contributed by atoms with Crippen LogP contribution in [-0.4, -0.2) is 12.5 Å². The van der Waals surface area contributed by atoms with Crippen LogP contribution in [0.5, 0.6) is 0 Å². The minimum Gasteiger partial charge on any atom is -0.443 e. The molecule has 0 aliphatic heterocycles. The standard InChI is InChI=1S/C23H31O2P/c1-8-14-21(15-9-2)20-26(7,24-22(16-10-3)17-11-4)25-23(18-12-5)19-13-6/h8-19H,1,3,5,7,20H2,2,4,6H3/b15-9-,17-11-,19-13-,21-14+,22-16+,23-18+. The second kappa shape index (κ2) is 13.8. The van der Waals surface area contributed by atoms with Crippen molar-refractivity contribution in [2.45, 2.75) is 20.8 Å². The van der Waals surface area contributed by atoms with E-state index in [-0.39, 0.29) is 0 Å². The van der Waals surface area contributed by atoms with Crippen LogP contribution in [0.1, 0.15) is 20.8 Å². The van der Waals surface area contributed by atoms with E-state index in [0.717, 1.165) is 5.57 Å². The lowest BCUT2D eigenvalue weighted by atomic mass is 10.2. The van der Waals surface area contributed by atoms with E-state index in [9.17, 15) is 0 Å². The van der Waals surface area contributed by atoms with Crippen LogP contribution in [0.15, 0.2) is 110 Å². The molecule has 0 rings (SSSR count). The van der Waals surface area contributed by atoms with Crippen LogP contribution in [0, 0.1) is 0 Å². The lowest BCUT2D eigenvalue weighted by Gasteiger charge is -2.27. The van der Waals surface area contributed by atoms with Crippen molar-refractivity contribution in [1.82, 2.24) is 0 Å². The predicted octanol–water partition coefficient (Wildman–Crippen LogP) is 7.28. The first-order chi connectivity index (χ1) is 12.5. The number of allylic oxidation sites excluding steroid dienone is 13. The fraction of sp³-hybridized carbons (Fsp3) is 0.174. The van der Waals surface area contributed by atoms with Crippen LogP contribution in [0.2, 0.25) is 0 Å². The van der Waals surface area contributed by atoms with E-state index in [2.05, 4.69) is 26.0 Å². The minimum atomic E-state index is -2.57. The summed E-state index contributed by atoms with van der Waals surface area (Å²) in [6, 6.07) is 0. The van der Waals surface area contributed by atoms with Gasteiger partial charge in [-0.05, 0) is 56.9 Å². The second-order valence-electron chi connectivity index (χ2n) is 5.24. The smallest absolute Gasteiger partial charge is 0.219 e. The van der Waals surface area contributed by atoms with Crippen LogP contribution in [0.4, 0.5) is 0 Å². The lowest BCUT2D eigenvalue weighted by Crippen LogP contribution is -2.02. The van der Waals surface area contributed by atoms with Crippen molar-refractivity contribution in [3.63, 3.8) is 0 Å². The average molecular weight is 370 g/mol. The fourth-order valence-corrected chi connectivity index (χ4v) is 4.01. The molecule has 2 nitrogen and oxygen atoms in total. The van der Waals surface area contributed by atoms with Crippen molar-refractivity contribution in [3.8, 4) is 0 Å². The highest BCUT2D eigenvalue weighted by molar-refractivity contribution is 7.64. The largest absolute Gasteiger partial charge is 0.443 e. The normalized spacial score (nSPS) is 14.2. The maximum Gasteiger partial charge on any atom is 0.219 e. The summed E-state index contributed by atoms with van der Waals surface area (Å²) in [5, 5.41) is 0. The van der Waals surface area contributed by atoms with Crippen LogP contribution in [0.3, 0.4) is 0 Å². The van der Waals surface area contributed by atoms with Crippen molar-refractivity contribution >= 4 is 13.6 Å². The Kier molecular flexibility index (Phi) is 12.5. The van der Waals surface area contributed by atoms with Gasteiger partial charge in [0.05, 0.1) is 6.16 Å². The van der Waals surface area contributed by atoms with Gasteiger partial charge in [-0.15, -0.1) is 0 Å². The molecular weight excluding hydrogens is 339 g/mol. The SMILES string of the molecule is C=C/C=C(\C=C/C)CP(=C)(OC(/C=C\C)=C/C=C)OC(/C=C\C)=C/C=C. The Morgan fingerprint density at radius 3 is 1.50 bits per heavy atom. The van der Waals surface area contributed by atoms with E-state index in [1.807, 2.05) is 63.3 Å². The van der Waals surface area contributed by atoms with E-state index in [1.54, 1.807) is 30.4 Å². The van der Waals surface area contributed by atoms with Crippen molar-refractivity contribution in [1.29, 1.82) is 0 Å². The average Bonchev–Trinajstić information content (AvgIpc) is 2.56. The van der Waals surface area contributed by atoms with Crippen LogP contribution < -0.4 is 0 Å². The van der Waals surface area contributed by atoms with Gasteiger partial charge in [0, 0.05) is 0 Å². The van der Waals surface area contributed by atoms with Crippen molar-refractivity contribution in [3.05, 3.63) is 110 Å². The monoisotopic (exact) mass is 370 g/mol. The molecule has 0 aromatic rings. The molecule has 0 N–H and O–H groups in total. The van der Waals surface area contributed by atoms with Gasteiger partial charge in [-0.3, -0.25) is 0 Å². The van der Waals surface area contributed by atoms with Gasteiger partial charge in [-0.25, -0.2) is 0 Å². The Hall–Kier alpha value is -2.44. The third-order valence-corrected chi connectivity index (χ3v) is 4.84. The highest BCUT2D eigenvalue weighted by atomic mass is 31.2. The van der Waals surface area contributed by atoms with Gasteiger partial charge in [0.2, 0.25) is 7.34 Å². The molecule has 0 aromatic carbocycles. The van der Waals surface area contributed by atoms with E-state index >= 15 is 0 Å². The zero-order valence-electron chi connectivity index (χ0n) is 16.2. The molecule has 26 heavy (non-hydrogen) atoms. The van der Waals surface area contributed by atoms with Gasteiger partial charge in [0.25, 0.3) is 0 Å². The molecule has 0 atom stereocenters. The summed E-state index contributed by atoms with van der Waals surface area (Å²) in [6.45, 7) is 17.1. The van der Waals surface area contributed by atoms with E-state index in [1.165, 1.54) is 0 Å². The van der Waals surface area contributed by atoms with Gasteiger partial charge < -0.3 is 9.05 Å². The molecule has 0 saturated carbocycles. The summed E-state index contributed by atoms with van der Waals surface area (Å²) in [5.74, 6) is 1.31. The van der Waals surface area contributed by atoms with Crippen LogP contribution in [0.25, 0.3) is 0 Å². The van der Waals surface area contributed by atoms with Crippen molar-refractivity contribution in [2.75, 3.05) is 6.16 Å². The van der Waals surface area contributed by atoms with Gasteiger partial charge >= 0.3 is 0 Å². The fourth-order valence-electron chi connectivity index (χ4n) is 2.07. The predicted molar refractivity (Wildman–Crippen MR) is 120 cm³/mol. The topological polar surface area (TPSA) is 18.5 Å². The van der Waals surface area contributed by atoms with Gasteiger partial charge in [-0.2, -0.15) is 0 Å². The molecule has 0 aliphatic rings. The summed E-state index contributed by atoms with van der Waals surface area (Å²) in [6.07, 6.45) is 27.0. The molecule has 0 bridgehead atoms. The van der Waals surface area contributed by atoms with Crippen LogP contribution in [-0.2, 0) is 9.05 Å². The summed E-state index contributed by atoms with van der Waals surface area (Å²) in [5.41, 5.74) is 1.03. The minimum absolute atomic E-state index is 0.529. The first-order valence-electron chi connectivity index (χ1n) is 8.45. The summed E-state index contributed by atoms with van der Waals surface area (Å²) in [7, 11) is -2.57. The van der Waals surface area contributed by atoms with Gasteiger partial charge in [-0.1, -0.05) is 68.3 Å². The third kappa shape index (κ3) is 9.76. The second-order valence-corrected chi connectivity index (χ2v) is 7.55. The maximum atomic E-state index is 6.23. The van der Waals surface area contributed by atoms with Gasteiger partial charge in [0.15, 0.2) is 0 Å². The number of hydrogen-bond donors (Lipinski definition) is 0. The molecule has 3 heteroatoms. The number of hydrogen-bond acceptors (Lipinski definition) is 2. The van der Waals surface area contributed by atoms with Crippen molar-refractivity contribution in [2.24, 2.45) is 0 Å². The van der Waals surface area contributed by atoms with E-state index in [4.69, 9.17) is 9.05 Å². The van der Waals surface area contributed by atoms with E-state index < -0.39 is 7.34 Å². The summed E-state index contributed by atoms with van der Waals surface area (Å²) in [4.78, 5) is 0. The molecule has 0 radical (unpaired) electrons. The maximum absolute atomic E-state index is 6.23. The molecule has 0 saturated heterocycles. The highest BCUT2D eigenvalue weighted by Gasteiger charge is 2.21. The molecule has 0 spiro atoms. The first-order valence-corrected chi connectivity index (χ1v) is 10.4. The quantitative estimate of drug-likeness (QED) is 0.204. The lowest BCUT2D eigenvalue weighted by molar-refractivity contribution is 0.369. The molecule has 0 fully saturated rings. The molecule has 0 amide bonds. The summed E-state index contributed by atoms with van der Waals surface area (Å²) < 4.78 is 12.5. The van der Waals surface area contributed by atoms with Crippen LogP contribution >= 0.6 is 7.34 Å². The Balaban J connectivity index is 6.01.